The van der Waals surface area contributed by atoms with Gasteiger partial charge in [0.25, 0.3) is 21.5 Å². The molecule has 0 bridgehead atoms. The van der Waals surface area contributed by atoms with Crippen LogP contribution in [-0.2, 0) is 17.1 Å². The number of hydrogen-bond acceptors (Lipinski definition) is 6. The summed E-state index contributed by atoms with van der Waals surface area (Å²) in [6.07, 6.45) is 1.46. The van der Waals surface area contributed by atoms with Crippen LogP contribution >= 0.6 is 0 Å². The molecule has 0 spiro atoms. The number of aromatic nitrogens is 1. The lowest BCUT2D eigenvalue weighted by molar-refractivity contribution is 0.0715. The third-order valence-electron chi connectivity index (χ3n) is 6.18. The van der Waals surface area contributed by atoms with E-state index in [1.165, 1.54) is 23.0 Å². The second-order valence-electron chi connectivity index (χ2n) is 8.28. The lowest BCUT2D eigenvalue weighted by Gasteiger charge is -2.37. The van der Waals surface area contributed by atoms with Crippen molar-refractivity contribution >= 4 is 38.2 Å². The maximum Gasteiger partial charge on any atom is 0.289 e. The van der Waals surface area contributed by atoms with Gasteiger partial charge in [-0.2, -0.15) is 0 Å². The van der Waals surface area contributed by atoms with Gasteiger partial charge in [-0.15, -0.1) is 0 Å². The highest BCUT2D eigenvalue weighted by Crippen LogP contribution is 2.34. The first-order valence-corrected chi connectivity index (χ1v) is 12.6. The van der Waals surface area contributed by atoms with Crippen LogP contribution in [0.2, 0.25) is 0 Å². The molecule has 1 fully saturated rings. The Kier molecular flexibility index (Phi) is 5.81. The quantitative estimate of drug-likeness (QED) is 0.459. The Balaban J connectivity index is 1.55. The third kappa shape index (κ3) is 4.17. The monoisotopic (exact) mass is 492 g/mol. The molecule has 10 heteroatoms. The molecule has 180 valence electrons. The normalized spacial score (nSPS) is 14.3. The summed E-state index contributed by atoms with van der Waals surface area (Å²) in [5, 5.41) is 0.742. The average Bonchev–Trinajstić information content (AvgIpc) is 3.43. The minimum Gasteiger partial charge on any atom is -0.459 e. The predicted octanol–water partition coefficient (Wildman–Crippen LogP) is 2.89. The maximum atomic E-state index is 13.4. The summed E-state index contributed by atoms with van der Waals surface area (Å²) in [5.74, 6) is 0.0716. The number of furan rings is 1. The number of fused-ring (bicyclic) bond motifs is 1. The highest BCUT2D eigenvalue weighted by atomic mass is 32.2. The number of carbonyl (C=O) groups excluding carboxylic acids is 1. The van der Waals surface area contributed by atoms with Gasteiger partial charge in [0, 0.05) is 38.6 Å². The van der Waals surface area contributed by atoms with Crippen molar-refractivity contribution in [2.75, 3.05) is 35.8 Å². The van der Waals surface area contributed by atoms with Crippen LogP contribution in [0.1, 0.15) is 10.6 Å². The van der Waals surface area contributed by atoms with Crippen molar-refractivity contribution in [1.29, 1.82) is 0 Å². The predicted molar refractivity (Wildman–Crippen MR) is 133 cm³/mol. The second kappa shape index (κ2) is 8.95. The Bertz CT molecular complexity index is 1540. The van der Waals surface area contributed by atoms with E-state index in [4.69, 9.17) is 4.42 Å². The molecule has 35 heavy (non-hydrogen) atoms. The van der Waals surface area contributed by atoms with Crippen molar-refractivity contribution in [2.24, 2.45) is 7.05 Å². The number of rotatable bonds is 5. The Morgan fingerprint density at radius 2 is 1.60 bits per heavy atom. The topological polar surface area (TPSA) is 105 Å². The first kappa shape index (κ1) is 22.7. The Morgan fingerprint density at radius 3 is 2.29 bits per heavy atom. The van der Waals surface area contributed by atoms with Crippen LogP contribution in [0, 0.1) is 0 Å². The highest BCUT2D eigenvalue weighted by molar-refractivity contribution is 7.92. The second-order valence-corrected chi connectivity index (χ2v) is 9.96. The van der Waals surface area contributed by atoms with Gasteiger partial charge >= 0.3 is 0 Å². The molecule has 1 saturated heterocycles. The molecule has 9 nitrogen and oxygen atoms in total. The van der Waals surface area contributed by atoms with E-state index in [0.717, 1.165) is 5.39 Å². The summed E-state index contributed by atoms with van der Waals surface area (Å²) in [6.45, 7) is 1.63. The summed E-state index contributed by atoms with van der Waals surface area (Å²) < 4.78 is 35.6. The zero-order valence-electron chi connectivity index (χ0n) is 19.0. The molecule has 3 heterocycles. The molecule has 2 aromatic heterocycles. The van der Waals surface area contributed by atoms with Crippen LogP contribution in [0.25, 0.3) is 10.9 Å². The van der Waals surface area contributed by atoms with Gasteiger partial charge in [0.05, 0.1) is 22.4 Å². The number of sulfonamides is 1. The van der Waals surface area contributed by atoms with E-state index in [1.807, 2.05) is 29.2 Å². The van der Waals surface area contributed by atoms with Crippen LogP contribution in [0.15, 0.2) is 87.1 Å². The molecule has 0 aliphatic carbocycles. The maximum absolute atomic E-state index is 13.4. The van der Waals surface area contributed by atoms with E-state index in [0.29, 0.717) is 37.4 Å². The lowest BCUT2D eigenvalue weighted by Crippen LogP contribution is -2.49. The van der Waals surface area contributed by atoms with Gasteiger partial charge in [0.15, 0.2) is 5.76 Å². The van der Waals surface area contributed by atoms with Gasteiger partial charge in [-0.05, 0) is 30.3 Å². The zero-order valence-corrected chi connectivity index (χ0v) is 19.9. The number of benzene rings is 2. The highest BCUT2D eigenvalue weighted by Gasteiger charge is 2.29. The molecule has 5 rings (SSSR count). The standard InChI is InChI=1S/C25H24N4O5S/c1-27-20-11-6-5-10-19(20)23(22(25(27)31)26-35(32,33)18-8-3-2-4-9-18)28-13-15-29(16-14-28)24(30)21-12-7-17-34-21/h2-12,17,26H,13-16H2,1H3. The van der Waals surface area contributed by atoms with Crippen LogP contribution < -0.4 is 15.2 Å². The number of aryl methyl sites for hydroxylation is 1. The van der Waals surface area contributed by atoms with Crippen molar-refractivity contribution in [3.05, 3.63) is 89.1 Å². The smallest absolute Gasteiger partial charge is 0.289 e. The van der Waals surface area contributed by atoms with Crippen molar-refractivity contribution in [3.63, 3.8) is 0 Å². The van der Waals surface area contributed by atoms with Gasteiger partial charge in [-0.1, -0.05) is 36.4 Å². The average molecular weight is 493 g/mol. The first-order valence-electron chi connectivity index (χ1n) is 11.1. The van der Waals surface area contributed by atoms with Crippen LogP contribution in [-0.4, -0.2) is 50.0 Å². The summed E-state index contributed by atoms with van der Waals surface area (Å²) in [7, 11) is -2.38. The number of amides is 1. The molecule has 0 saturated carbocycles. The molecule has 4 aromatic rings. The van der Waals surface area contributed by atoms with E-state index in [2.05, 4.69) is 4.72 Å². The molecular formula is C25H24N4O5S. The number of carbonyl (C=O) groups is 1. The van der Waals surface area contributed by atoms with Crippen molar-refractivity contribution in [2.45, 2.75) is 4.90 Å². The molecular weight excluding hydrogens is 468 g/mol. The van der Waals surface area contributed by atoms with E-state index in [-0.39, 0.29) is 22.3 Å². The van der Waals surface area contributed by atoms with E-state index in [9.17, 15) is 18.0 Å². The van der Waals surface area contributed by atoms with E-state index < -0.39 is 15.6 Å². The number of piperazine rings is 1. The van der Waals surface area contributed by atoms with Gasteiger partial charge in [-0.3, -0.25) is 14.3 Å². The van der Waals surface area contributed by atoms with Crippen molar-refractivity contribution in [1.82, 2.24) is 9.47 Å². The SMILES string of the molecule is Cn1c(=O)c(NS(=O)(=O)c2ccccc2)c(N2CCN(C(=O)c3ccco3)CC2)c2ccccc21. The number of nitrogens with zero attached hydrogens (tertiary/aromatic N) is 3. The number of nitrogens with one attached hydrogen (secondary N) is 1. The van der Waals surface area contributed by atoms with Crippen LogP contribution in [0.3, 0.4) is 0 Å². The molecule has 1 aliphatic rings. The van der Waals surface area contributed by atoms with Gasteiger partial charge in [0.1, 0.15) is 5.69 Å². The number of para-hydroxylation sites is 1. The third-order valence-corrected chi connectivity index (χ3v) is 7.55. The fraction of sp³-hybridized carbons (Fsp3) is 0.200. The molecule has 0 unspecified atom stereocenters. The number of pyridine rings is 1. The summed E-state index contributed by atoms with van der Waals surface area (Å²) >= 11 is 0. The lowest BCUT2D eigenvalue weighted by atomic mass is 10.1. The number of hydrogen-bond donors (Lipinski definition) is 1. The minimum absolute atomic E-state index is 0.0131. The van der Waals surface area contributed by atoms with Crippen molar-refractivity contribution < 1.29 is 17.6 Å². The molecule has 0 atom stereocenters. The molecule has 1 aliphatic heterocycles. The molecule has 0 radical (unpaired) electrons. The number of anilines is 2. The summed E-state index contributed by atoms with van der Waals surface area (Å²) in [5.41, 5.74) is 0.728. The fourth-order valence-corrected chi connectivity index (χ4v) is 5.47. The summed E-state index contributed by atoms with van der Waals surface area (Å²) in [4.78, 5) is 29.8. The van der Waals surface area contributed by atoms with Crippen LogP contribution in [0.4, 0.5) is 11.4 Å². The van der Waals surface area contributed by atoms with E-state index in [1.54, 1.807) is 42.3 Å². The van der Waals surface area contributed by atoms with Crippen LogP contribution in [0.5, 0.6) is 0 Å². The Hall–Kier alpha value is -4.05. The Labute approximate surface area is 202 Å². The van der Waals surface area contributed by atoms with Crippen molar-refractivity contribution in [3.8, 4) is 0 Å². The Morgan fingerprint density at radius 1 is 0.914 bits per heavy atom. The largest absolute Gasteiger partial charge is 0.459 e. The summed E-state index contributed by atoms with van der Waals surface area (Å²) in [6, 6.07) is 18.6. The minimum atomic E-state index is -4.00. The van der Waals surface area contributed by atoms with E-state index >= 15 is 0 Å². The van der Waals surface area contributed by atoms with Gasteiger partial charge < -0.3 is 18.8 Å². The molecule has 2 aromatic carbocycles. The molecule has 1 N–H and O–H groups in total. The van der Waals surface area contributed by atoms with Gasteiger partial charge in [0.2, 0.25) is 0 Å². The first-order chi connectivity index (χ1) is 16.9. The fourth-order valence-electron chi connectivity index (χ4n) is 4.38. The van der Waals surface area contributed by atoms with Gasteiger partial charge in [-0.25, -0.2) is 8.42 Å². The zero-order chi connectivity index (χ0) is 24.6. The molecule has 1 amide bonds.